The normalized spacial score (nSPS) is 21.1. The number of hydrogen-bond donors (Lipinski definition) is 1. The topological polar surface area (TPSA) is 96.9 Å². The van der Waals surface area contributed by atoms with E-state index in [1.165, 1.54) is 12.1 Å². The predicted octanol–water partition coefficient (Wildman–Crippen LogP) is 5.55. The summed E-state index contributed by atoms with van der Waals surface area (Å²) >= 11 is 0. The number of likely N-dealkylation sites (tertiary alicyclic amines) is 2. The largest absolute Gasteiger partial charge is 0.457 e. The number of ether oxygens (including phenoxy) is 2. The minimum absolute atomic E-state index is 0.0279. The molecule has 3 aromatic rings. The number of benzene rings is 2. The molecule has 3 aliphatic rings. The molecule has 0 spiro atoms. The van der Waals surface area contributed by atoms with Crippen LogP contribution in [-0.2, 0) is 16.1 Å². The first-order chi connectivity index (χ1) is 21.7. The maximum absolute atomic E-state index is 15.6. The molecule has 2 atom stereocenters. The minimum atomic E-state index is -0.631. The van der Waals surface area contributed by atoms with Crippen LogP contribution in [0, 0.1) is 11.7 Å². The average Bonchev–Trinajstić information content (AvgIpc) is 3.68. The molecular formula is C35H42FN5O4. The van der Waals surface area contributed by atoms with Gasteiger partial charge < -0.3 is 19.7 Å². The third kappa shape index (κ3) is 7.34. The van der Waals surface area contributed by atoms with Gasteiger partial charge in [-0.1, -0.05) is 20.8 Å². The molecule has 4 heterocycles. The first kappa shape index (κ1) is 31.1. The molecule has 0 radical (unpaired) electrons. The van der Waals surface area contributed by atoms with Crippen molar-refractivity contribution >= 4 is 11.8 Å². The lowest BCUT2D eigenvalue weighted by atomic mass is 10.0. The highest BCUT2D eigenvalue weighted by molar-refractivity contribution is 5.95. The number of carbonyl (C=O) groups excluding carboxylic acids is 2. The molecule has 10 heteroatoms. The Hall–Kier alpha value is -3.89. The molecule has 3 fully saturated rings. The molecule has 1 N–H and O–H groups in total. The molecule has 2 aromatic carbocycles. The Morgan fingerprint density at radius 2 is 1.87 bits per heavy atom. The second kappa shape index (κ2) is 13.6. The van der Waals surface area contributed by atoms with Gasteiger partial charge in [0.05, 0.1) is 23.6 Å². The van der Waals surface area contributed by atoms with Gasteiger partial charge in [0, 0.05) is 62.4 Å². The number of piperidine rings is 1. The molecule has 0 bridgehead atoms. The summed E-state index contributed by atoms with van der Waals surface area (Å²) in [5.41, 5.74) is 3.00. The lowest BCUT2D eigenvalue weighted by Gasteiger charge is -2.35. The predicted molar refractivity (Wildman–Crippen MR) is 169 cm³/mol. The van der Waals surface area contributed by atoms with E-state index in [9.17, 15) is 9.59 Å². The molecular weight excluding hydrogens is 573 g/mol. The Kier molecular flexibility index (Phi) is 9.42. The molecule has 3 aliphatic heterocycles. The van der Waals surface area contributed by atoms with E-state index in [-0.39, 0.29) is 30.0 Å². The fourth-order valence-electron chi connectivity index (χ4n) is 6.42. The van der Waals surface area contributed by atoms with Crippen LogP contribution in [0.2, 0.25) is 0 Å². The number of amides is 2. The van der Waals surface area contributed by atoms with Crippen LogP contribution in [0.25, 0.3) is 11.3 Å². The van der Waals surface area contributed by atoms with Gasteiger partial charge in [-0.15, -0.1) is 0 Å². The SMILES string of the molecule is CC(C)c1ccc(-c2ccc(Oc3cc(C(=O)NC4CCN(C5CCOC5)CC4)c(F)cc3CN3C[C@@H](C)CC3=O)cc2)nn1. The molecule has 0 saturated carbocycles. The standard InChI is InChI=1S/C35H42FN5O4/c1-22(2)31-8-9-32(39-38-31)24-4-6-28(7-5-24)45-33-18-29(30(36)17-25(33)20-41-19-23(3)16-34(41)42)35(43)37-26-10-13-40(14-11-26)27-12-15-44-21-27/h4-9,17-18,22-23,26-27H,10-16,19-21H2,1-3H3,(H,37,43)/t23-,27?/m0/s1. The van der Waals surface area contributed by atoms with E-state index >= 15 is 4.39 Å². The number of halogens is 1. The zero-order valence-electron chi connectivity index (χ0n) is 26.3. The molecule has 2 amide bonds. The highest BCUT2D eigenvalue weighted by atomic mass is 19.1. The minimum Gasteiger partial charge on any atom is -0.457 e. The summed E-state index contributed by atoms with van der Waals surface area (Å²) in [6.07, 6.45) is 3.12. The van der Waals surface area contributed by atoms with Crippen molar-refractivity contribution in [3.05, 3.63) is 71.2 Å². The van der Waals surface area contributed by atoms with Crippen LogP contribution < -0.4 is 10.1 Å². The maximum Gasteiger partial charge on any atom is 0.254 e. The number of rotatable bonds is 9. The van der Waals surface area contributed by atoms with Crippen LogP contribution in [0.5, 0.6) is 11.5 Å². The van der Waals surface area contributed by atoms with E-state index in [1.54, 1.807) is 4.90 Å². The Bertz CT molecular complexity index is 1500. The third-order valence-electron chi connectivity index (χ3n) is 9.11. The van der Waals surface area contributed by atoms with Gasteiger partial charge in [-0.3, -0.25) is 14.5 Å². The van der Waals surface area contributed by atoms with Crippen molar-refractivity contribution in [1.29, 1.82) is 0 Å². The van der Waals surface area contributed by atoms with Crippen molar-refractivity contribution in [2.24, 2.45) is 5.92 Å². The molecule has 1 unspecified atom stereocenters. The molecule has 238 valence electrons. The van der Waals surface area contributed by atoms with Gasteiger partial charge in [0.1, 0.15) is 17.3 Å². The van der Waals surface area contributed by atoms with E-state index in [1.807, 2.05) is 43.3 Å². The fraction of sp³-hybridized carbons (Fsp3) is 0.486. The summed E-state index contributed by atoms with van der Waals surface area (Å²) in [7, 11) is 0. The number of carbonyl (C=O) groups is 2. The second-order valence-corrected chi connectivity index (χ2v) is 12.9. The summed E-state index contributed by atoms with van der Waals surface area (Å²) in [6, 6.07) is 14.5. The smallest absolute Gasteiger partial charge is 0.254 e. The van der Waals surface area contributed by atoms with E-state index in [2.05, 4.69) is 34.3 Å². The Labute approximate surface area is 264 Å². The van der Waals surface area contributed by atoms with Gasteiger partial charge in [-0.2, -0.15) is 10.2 Å². The van der Waals surface area contributed by atoms with Gasteiger partial charge in [0.25, 0.3) is 5.91 Å². The van der Waals surface area contributed by atoms with Crippen LogP contribution >= 0.6 is 0 Å². The third-order valence-corrected chi connectivity index (χ3v) is 9.11. The highest BCUT2D eigenvalue weighted by Gasteiger charge is 2.30. The number of nitrogens with zero attached hydrogens (tertiary/aromatic N) is 4. The zero-order chi connectivity index (χ0) is 31.5. The summed E-state index contributed by atoms with van der Waals surface area (Å²) in [6.45, 7) is 10.3. The van der Waals surface area contributed by atoms with Crippen molar-refractivity contribution in [2.75, 3.05) is 32.8 Å². The van der Waals surface area contributed by atoms with Gasteiger partial charge in [-0.25, -0.2) is 4.39 Å². The molecule has 6 rings (SSSR count). The Balaban J connectivity index is 1.19. The molecule has 3 saturated heterocycles. The van der Waals surface area contributed by atoms with Gasteiger partial charge in [0.15, 0.2) is 0 Å². The summed E-state index contributed by atoms with van der Waals surface area (Å²) < 4.78 is 27.4. The zero-order valence-corrected chi connectivity index (χ0v) is 26.3. The molecule has 1 aromatic heterocycles. The summed E-state index contributed by atoms with van der Waals surface area (Å²) in [5, 5.41) is 11.7. The monoisotopic (exact) mass is 615 g/mol. The molecule has 9 nitrogen and oxygen atoms in total. The summed E-state index contributed by atoms with van der Waals surface area (Å²) in [4.78, 5) is 30.1. The molecule has 45 heavy (non-hydrogen) atoms. The highest BCUT2D eigenvalue weighted by Crippen LogP contribution is 2.32. The van der Waals surface area contributed by atoms with E-state index in [0.29, 0.717) is 42.0 Å². The van der Waals surface area contributed by atoms with Crippen LogP contribution in [0.3, 0.4) is 0 Å². The number of aromatic nitrogens is 2. The maximum atomic E-state index is 15.6. The van der Waals surface area contributed by atoms with Gasteiger partial charge in [-0.05, 0) is 79.6 Å². The van der Waals surface area contributed by atoms with E-state index < -0.39 is 11.7 Å². The van der Waals surface area contributed by atoms with Crippen molar-refractivity contribution < 1.29 is 23.5 Å². The van der Waals surface area contributed by atoms with Crippen LogP contribution in [0.1, 0.15) is 74.0 Å². The van der Waals surface area contributed by atoms with Crippen LogP contribution in [0.15, 0.2) is 48.5 Å². The first-order valence-electron chi connectivity index (χ1n) is 16.1. The quantitative estimate of drug-likeness (QED) is 0.337. The fourth-order valence-corrected chi connectivity index (χ4v) is 6.42. The lowest BCUT2D eigenvalue weighted by molar-refractivity contribution is -0.128. The Morgan fingerprint density at radius 1 is 1.09 bits per heavy atom. The van der Waals surface area contributed by atoms with Crippen LogP contribution in [-0.4, -0.2) is 76.7 Å². The average molecular weight is 616 g/mol. The lowest BCUT2D eigenvalue weighted by Crippen LogP contribution is -2.48. The number of nitrogens with one attached hydrogen (secondary N) is 1. The summed E-state index contributed by atoms with van der Waals surface area (Å²) in [5.74, 6) is 0.330. The van der Waals surface area contributed by atoms with Gasteiger partial charge >= 0.3 is 0 Å². The first-order valence-corrected chi connectivity index (χ1v) is 16.1. The van der Waals surface area contributed by atoms with Crippen molar-refractivity contribution in [3.63, 3.8) is 0 Å². The van der Waals surface area contributed by atoms with E-state index in [4.69, 9.17) is 9.47 Å². The van der Waals surface area contributed by atoms with E-state index in [0.717, 1.165) is 62.5 Å². The Morgan fingerprint density at radius 3 is 2.49 bits per heavy atom. The van der Waals surface area contributed by atoms with Crippen molar-refractivity contribution in [1.82, 2.24) is 25.3 Å². The second-order valence-electron chi connectivity index (χ2n) is 12.9. The number of hydrogen-bond acceptors (Lipinski definition) is 7. The van der Waals surface area contributed by atoms with Crippen molar-refractivity contribution in [2.45, 2.75) is 71.0 Å². The van der Waals surface area contributed by atoms with Crippen LogP contribution in [0.4, 0.5) is 4.39 Å². The van der Waals surface area contributed by atoms with Crippen molar-refractivity contribution in [3.8, 4) is 22.8 Å². The molecule has 0 aliphatic carbocycles. The van der Waals surface area contributed by atoms with Gasteiger partial charge in [0.2, 0.25) is 5.91 Å².